The van der Waals surface area contributed by atoms with Gasteiger partial charge >= 0.3 is 0 Å². The van der Waals surface area contributed by atoms with Gasteiger partial charge in [-0.15, -0.1) is 0 Å². The molecule has 138 valence electrons. The highest BCUT2D eigenvalue weighted by Crippen LogP contribution is 2.39. The highest BCUT2D eigenvalue weighted by molar-refractivity contribution is 5.94. The Balaban J connectivity index is 1.30. The van der Waals surface area contributed by atoms with E-state index in [1.54, 1.807) is 18.6 Å². The molecule has 1 atom stereocenters. The van der Waals surface area contributed by atoms with E-state index in [1.165, 1.54) is 31.4 Å². The van der Waals surface area contributed by atoms with Gasteiger partial charge in [0.1, 0.15) is 6.26 Å². The quantitative estimate of drug-likeness (QED) is 0.820. The van der Waals surface area contributed by atoms with Crippen molar-refractivity contribution in [1.29, 1.82) is 0 Å². The summed E-state index contributed by atoms with van der Waals surface area (Å²) in [6, 6.07) is 12.5. The summed E-state index contributed by atoms with van der Waals surface area (Å²) < 4.78 is 5.07. The van der Waals surface area contributed by atoms with Gasteiger partial charge in [-0.25, -0.2) is 0 Å². The predicted octanol–water partition coefficient (Wildman–Crippen LogP) is 3.84. The number of carbonyl (C=O) groups is 1. The summed E-state index contributed by atoms with van der Waals surface area (Å²) in [6.07, 6.45) is 9.12. The minimum atomic E-state index is 0.122. The maximum atomic E-state index is 12.6. The number of hydrogen-bond donors (Lipinski definition) is 0. The molecule has 1 amide bonds. The number of piperidine rings is 1. The first-order valence-electron chi connectivity index (χ1n) is 9.82. The number of nitrogens with zero attached hydrogens (tertiary/aromatic N) is 2. The zero-order valence-electron chi connectivity index (χ0n) is 15.4. The molecule has 4 nitrogen and oxygen atoms in total. The van der Waals surface area contributed by atoms with Gasteiger partial charge in [-0.1, -0.05) is 30.3 Å². The second kappa shape index (κ2) is 7.67. The fourth-order valence-corrected chi connectivity index (χ4v) is 4.66. The minimum absolute atomic E-state index is 0.122. The Morgan fingerprint density at radius 2 is 1.96 bits per heavy atom. The molecule has 1 spiro atoms. The summed E-state index contributed by atoms with van der Waals surface area (Å²) in [5.74, 6) is 0.122. The monoisotopic (exact) mass is 352 g/mol. The molecule has 1 aromatic carbocycles. The van der Waals surface area contributed by atoms with Gasteiger partial charge in [0.15, 0.2) is 0 Å². The van der Waals surface area contributed by atoms with E-state index in [-0.39, 0.29) is 5.91 Å². The molecule has 2 aromatic rings. The molecule has 0 bridgehead atoms. The van der Waals surface area contributed by atoms with Crippen LogP contribution in [0.2, 0.25) is 0 Å². The Morgan fingerprint density at radius 3 is 2.77 bits per heavy atom. The zero-order chi connectivity index (χ0) is 17.8. The van der Waals surface area contributed by atoms with Crippen LogP contribution in [0.1, 0.15) is 41.6 Å². The summed E-state index contributed by atoms with van der Waals surface area (Å²) >= 11 is 0. The van der Waals surface area contributed by atoms with Crippen molar-refractivity contribution in [3.05, 3.63) is 60.1 Å². The average Bonchev–Trinajstić information content (AvgIpc) is 3.33. The molecule has 4 heteroatoms. The Hall–Kier alpha value is -2.07. The Morgan fingerprint density at radius 1 is 1.08 bits per heavy atom. The number of carbonyl (C=O) groups excluding carboxylic acids is 1. The van der Waals surface area contributed by atoms with Crippen LogP contribution in [0.4, 0.5) is 0 Å². The van der Waals surface area contributed by atoms with Crippen LogP contribution in [0.25, 0.3) is 0 Å². The second-order valence-corrected chi connectivity index (χ2v) is 7.96. The lowest BCUT2D eigenvalue weighted by Gasteiger charge is -2.40. The number of aryl methyl sites for hydroxylation is 1. The van der Waals surface area contributed by atoms with E-state index in [1.807, 2.05) is 4.90 Å². The van der Waals surface area contributed by atoms with Gasteiger partial charge in [0.05, 0.1) is 11.8 Å². The molecular formula is C22H28N2O2. The molecule has 2 aliphatic heterocycles. The van der Waals surface area contributed by atoms with Crippen LogP contribution < -0.4 is 0 Å². The number of likely N-dealkylation sites (tertiary alicyclic amines) is 2. The molecule has 3 heterocycles. The van der Waals surface area contributed by atoms with Crippen LogP contribution in [0, 0.1) is 5.41 Å². The summed E-state index contributed by atoms with van der Waals surface area (Å²) in [6.45, 7) is 5.27. The van der Waals surface area contributed by atoms with Crippen molar-refractivity contribution < 1.29 is 9.21 Å². The standard InChI is InChI=1S/C22H28N2O2/c25-21(20-9-15-26-16-20)24-14-11-22(18-24)10-5-13-23(17-22)12-4-8-19-6-2-1-3-7-19/h1-3,6-7,9,15-16H,4-5,8,10-14,17-18H2. The van der Waals surface area contributed by atoms with E-state index < -0.39 is 0 Å². The zero-order valence-corrected chi connectivity index (χ0v) is 15.4. The van der Waals surface area contributed by atoms with Crippen molar-refractivity contribution in [2.75, 3.05) is 32.7 Å². The van der Waals surface area contributed by atoms with Crippen molar-refractivity contribution in [3.8, 4) is 0 Å². The first-order chi connectivity index (χ1) is 12.7. The first kappa shape index (κ1) is 17.3. The summed E-state index contributed by atoms with van der Waals surface area (Å²) in [7, 11) is 0. The van der Waals surface area contributed by atoms with Crippen LogP contribution in [0.15, 0.2) is 53.3 Å². The van der Waals surface area contributed by atoms with Gasteiger partial charge in [-0.3, -0.25) is 4.79 Å². The fraction of sp³-hybridized carbons (Fsp3) is 0.500. The average molecular weight is 352 g/mol. The molecule has 1 unspecified atom stereocenters. The van der Waals surface area contributed by atoms with Crippen molar-refractivity contribution >= 4 is 5.91 Å². The highest BCUT2D eigenvalue weighted by Gasteiger charge is 2.42. The third kappa shape index (κ3) is 3.85. The number of hydrogen-bond acceptors (Lipinski definition) is 3. The van der Waals surface area contributed by atoms with Crippen LogP contribution in [-0.2, 0) is 6.42 Å². The van der Waals surface area contributed by atoms with Crippen LogP contribution in [0.5, 0.6) is 0 Å². The molecule has 4 rings (SSSR count). The number of rotatable bonds is 5. The maximum absolute atomic E-state index is 12.6. The van der Waals surface area contributed by atoms with Crippen LogP contribution >= 0.6 is 0 Å². The van der Waals surface area contributed by atoms with Gasteiger partial charge in [-0.2, -0.15) is 0 Å². The van der Waals surface area contributed by atoms with E-state index in [4.69, 9.17) is 4.42 Å². The molecule has 1 aromatic heterocycles. The smallest absolute Gasteiger partial charge is 0.257 e. The third-order valence-electron chi connectivity index (χ3n) is 6.02. The molecule has 2 saturated heterocycles. The lowest BCUT2D eigenvalue weighted by Crippen LogP contribution is -2.45. The maximum Gasteiger partial charge on any atom is 0.257 e. The molecule has 0 radical (unpaired) electrons. The van der Waals surface area contributed by atoms with Crippen LogP contribution in [-0.4, -0.2) is 48.4 Å². The fourth-order valence-electron chi connectivity index (χ4n) is 4.66. The second-order valence-electron chi connectivity index (χ2n) is 7.96. The lowest BCUT2D eigenvalue weighted by molar-refractivity contribution is 0.0687. The molecular weight excluding hydrogens is 324 g/mol. The van der Waals surface area contributed by atoms with Crippen molar-refractivity contribution in [2.45, 2.75) is 32.1 Å². The topological polar surface area (TPSA) is 36.7 Å². The predicted molar refractivity (Wildman–Crippen MR) is 102 cm³/mol. The van der Waals surface area contributed by atoms with Gasteiger partial charge in [0, 0.05) is 25.0 Å². The molecule has 0 saturated carbocycles. The van der Waals surface area contributed by atoms with E-state index in [2.05, 4.69) is 35.2 Å². The van der Waals surface area contributed by atoms with Gasteiger partial charge in [0.2, 0.25) is 0 Å². The summed E-state index contributed by atoms with van der Waals surface area (Å²) in [5, 5.41) is 0. The minimum Gasteiger partial charge on any atom is -0.472 e. The van der Waals surface area contributed by atoms with E-state index in [0.717, 1.165) is 39.0 Å². The largest absolute Gasteiger partial charge is 0.472 e. The Labute approximate surface area is 155 Å². The molecule has 0 N–H and O–H groups in total. The SMILES string of the molecule is O=C(c1ccoc1)N1CCC2(CCCN(CCCc3ccccc3)C2)C1. The Kier molecular flexibility index (Phi) is 5.11. The summed E-state index contributed by atoms with van der Waals surface area (Å²) in [5.41, 5.74) is 2.40. The van der Waals surface area contributed by atoms with Crippen molar-refractivity contribution in [1.82, 2.24) is 9.80 Å². The highest BCUT2D eigenvalue weighted by atomic mass is 16.3. The number of benzene rings is 1. The molecule has 0 aliphatic carbocycles. The normalized spacial score (nSPS) is 23.6. The van der Waals surface area contributed by atoms with Gasteiger partial charge in [0.25, 0.3) is 5.91 Å². The van der Waals surface area contributed by atoms with E-state index in [0.29, 0.717) is 11.0 Å². The summed E-state index contributed by atoms with van der Waals surface area (Å²) in [4.78, 5) is 17.2. The van der Waals surface area contributed by atoms with Crippen molar-refractivity contribution in [2.24, 2.45) is 5.41 Å². The Bertz CT molecular complexity index is 713. The number of furan rings is 1. The lowest BCUT2D eigenvalue weighted by atomic mass is 9.79. The first-order valence-corrected chi connectivity index (χ1v) is 9.82. The third-order valence-corrected chi connectivity index (χ3v) is 6.02. The molecule has 26 heavy (non-hydrogen) atoms. The van der Waals surface area contributed by atoms with E-state index >= 15 is 0 Å². The van der Waals surface area contributed by atoms with Crippen LogP contribution in [0.3, 0.4) is 0 Å². The van der Waals surface area contributed by atoms with E-state index in [9.17, 15) is 4.79 Å². The van der Waals surface area contributed by atoms with Gasteiger partial charge in [-0.05, 0) is 56.8 Å². The van der Waals surface area contributed by atoms with Gasteiger partial charge < -0.3 is 14.2 Å². The number of amides is 1. The molecule has 2 aliphatic rings. The van der Waals surface area contributed by atoms with Crippen molar-refractivity contribution in [3.63, 3.8) is 0 Å². The molecule has 2 fully saturated rings.